The molecule has 0 saturated heterocycles. The summed E-state index contributed by atoms with van der Waals surface area (Å²) in [5.74, 6) is -1.01. The Labute approximate surface area is 191 Å². The lowest BCUT2D eigenvalue weighted by Crippen LogP contribution is -2.48. The van der Waals surface area contributed by atoms with Gasteiger partial charge >= 0.3 is 11.6 Å². The largest absolute Gasteiger partial charge is 0.460 e. The van der Waals surface area contributed by atoms with Crippen LogP contribution in [0, 0.1) is 0 Å². The van der Waals surface area contributed by atoms with Gasteiger partial charge in [0, 0.05) is 26.5 Å². The van der Waals surface area contributed by atoms with Gasteiger partial charge in [-0.15, -0.1) is 0 Å². The quantitative estimate of drug-likeness (QED) is 0.356. The van der Waals surface area contributed by atoms with Crippen molar-refractivity contribution in [2.24, 2.45) is 0 Å². The molecule has 0 bridgehead atoms. The first-order valence-electron chi connectivity index (χ1n) is 8.92. The van der Waals surface area contributed by atoms with Crippen molar-refractivity contribution in [2.75, 3.05) is 0 Å². The Bertz CT molecular complexity index is 1270. The van der Waals surface area contributed by atoms with E-state index in [1.54, 1.807) is 18.2 Å². The van der Waals surface area contributed by atoms with Gasteiger partial charge in [-0.1, -0.05) is 27.5 Å². The number of carbonyl (C=O) groups is 1. The lowest BCUT2D eigenvalue weighted by molar-refractivity contribution is -0.149. The minimum Gasteiger partial charge on any atom is -0.460 e. The monoisotopic (exact) mass is 529 g/mol. The third kappa shape index (κ3) is 5.72. The molecular weight excluding hydrogens is 514 g/mol. The number of halogens is 2. The van der Waals surface area contributed by atoms with Crippen molar-refractivity contribution >= 4 is 54.5 Å². The first-order chi connectivity index (χ1) is 14.6. The summed E-state index contributed by atoms with van der Waals surface area (Å²) in [5.41, 5.74) is 0.0348. The summed E-state index contributed by atoms with van der Waals surface area (Å²) in [4.78, 5) is 24.2. The Hall–Kier alpha value is -2.24. The van der Waals surface area contributed by atoms with Crippen molar-refractivity contribution in [1.29, 1.82) is 0 Å². The number of nitrogens with one attached hydrogen (secondary N) is 1. The van der Waals surface area contributed by atoms with E-state index in [2.05, 4.69) is 20.7 Å². The summed E-state index contributed by atoms with van der Waals surface area (Å²) in [6.45, 7) is 0.925. The van der Waals surface area contributed by atoms with E-state index >= 15 is 0 Å². The van der Waals surface area contributed by atoms with Crippen molar-refractivity contribution in [3.63, 3.8) is 0 Å². The van der Waals surface area contributed by atoms with Gasteiger partial charge < -0.3 is 14.3 Å². The number of sulfonamides is 1. The van der Waals surface area contributed by atoms with E-state index in [9.17, 15) is 23.1 Å². The summed E-state index contributed by atoms with van der Waals surface area (Å²) in [6.07, 6.45) is -1.39. The third-order valence-electron chi connectivity index (χ3n) is 4.30. The minimum atomic E-state index is -4.14. The zero-order valence-electron chi connectivity index (χ0n) is 16.0. The van der Waals surface area contributed by atoms with Crippen LogP contribution in [-0.2, 0) is 26.2 Å². The predicted octanol–water partition coefficient (Wildman–Crippen LogP) is 2.98. The molecule has 2 aromatic carbocycles. The van der Waals surface area contributed by atoms with Gasteiger partial charge in [-0.3, -0.25) is 4.79 Å². The molecule has 0 saturated carbocycles. The fourth-order valence-corrected chi connectivity index (χ4v) is 4.48. The molecule has 0 radical (unpaired) electrons. The van der Waals surface area contributed by atoms with E-state index in [0.717, 1.165) is 0 Å². The maximum absolute atomic E-state index is 12.6. The molecule has 2 atom stereocenters. The molecule has 0 fully saturated rings. The molecule has 0 aliphatic carbocycles. The third-order valence-corrected chi connectivity index (χ3v) is 6.51. The normalized spacial score (nSPS) is 13.7. The van der Waals surface area contributed by atoms with Gasteiger partial charge in [0.25, 0.3) is 0 Å². The molecule has 0 amide bonds. The van der Waals surface area contributed by atoms with Crippen LogP contribution in [0.1, 0.15) is 12.5 Å². The molecule has 1 aromatic heterocycles. The number of rotatable bonds is 7. The number of aliphatic hydroxyl groups is 1. The molecule has 0 aliphatic rings. The van der Waals surface area contributed by atoms with Gasteiger partial charge in [0.1, 0.15) is 18.2 Å². The summed E-state index contributed by atoms with van der Waals surface area (Å²) >= 11 is 9.05. The minimum absolute atomic E-state index is 0.132. The van der Waals surface area contributed by atoms with Gasteiger partial charge in [-0.25, -0.2) is 13.2 Å². The number of aliphatic hydroxyl groups excluding tert-OH is 1. The molecule has 0 unspecified atom stereocenters. The van der Waals surface area contributed by atoms with Gasteiger partial charge in [-0.05, 0) is 49.4 Å². The Balaban J connectivity index is 1.80. The van der Waals surface area contributed by atoms with E-state index in [0.29, 0.717) is 26.0 Å². The topological polar surface area (TPSA) is 123 Å². The number of esters is 1. The van der Waals surface area contributed by atoms with Gasteiger partial charge in [0.15, 0.2) is 0 Å². The van der Waals surface area contributed by atoms with Gasteiger partial charge in [-0.2, -0.15) is 4.72 Å². The van der Waals surface area contributed by atoms with Crippen LogP contribution in [0.15, 0.2) is 67.1 Å². The second kappa shape index (κ2) is 9.49. The maximum Gasteiger partial charge on any atom is 0.336 e. The Kier molecular flexibility index (Phi) is 7.17. The summed E-state index contributed by atoms with van der Waals surface area (Å²) in [5, 5.41) is 10.9. The van der Waals surface area contributed by atoms with Crippen LogP contribution >= 0.6 is 27.5 Å². The van der Waals surface area contributed by atoms with Crippen molar-refractivity contribution in [3.8, 4) is 0 Å². The smallest absolute Gasteiger partial charge is 0.336 e. The number of carbonyl (C=O) groups excluding carboxylic acids is 1. The van der Waals surface area contributed by atoms with Crippen LogP contribution in [0.5, 0.6) is 0 Å². The number of benzene rings is 2. The molecule has 0 spiro atoms. The first kappa shape index (κ1) is 23.4. The van der Waals surface area contributed by atoms with Crippen LogP contribution in [0.25, 0.3) is 11.0 Å². The molecule has 8 nitrogen and oxygen atoms in total. The second-order valence-electron chi connectivity index (χ2n) is 6.63. The molecule has 31 heavy (non-hydrogen) atoms. The summed E-state index contributed by atoms with van der Waals surface area (Å²) in [7, 11) is -4.14. The van der Waals surface area contributed by atoms with Crippen LogP contribution in [0.3, 0.4) is 0 Å². The number of hydrogen-bond donors (Lipinski definition) is 2. The highest BCUT2D eigenvalue weighted by molar-refractivity contribution is 9.10. The number of hydrogen-bond acceptors (Lipinski definition) is 7. The fourth-order valence-electron chi connectivity index (χ4n) is 2.75. The fraction of sp³-hybridized carbons (Fsp3) is 0.200. The Morgan fingerprint density at radius 1 is 1.23 bits per heavy atom. The van der Waals surface area contributed by atoms with Crippen molar-refractivity contribution in [2.45, 2.75) is 30.6 Å². The highest BCUT2D eigenvalue weighted by Crippen LogP contribution is 2.22. The van der Waals surface area contributed by atoms with Crippen molar-refractivity contribution in [1.82, 2.24) is 4.72 Å². The van der Waals surface area contributed by atoms with Crippen LogP contribution < -0.4 is 10.3 Å². The lowest BCUT2D eigenvalue weighted by atomic mass is 10.1. The Morgan fingerprint density at radius 3 is 2.55 bits per heavy atom. The summed E-state index contributed by atoms with van der Waals surface area (Å²) < 4.78 is 38.3. The van der Waals surface area contributed by atoms with E-state index < -0.39 is 33.8 Å². The second-order valence-corrected chi connectivity index (χ2v) is 9.70. The highest BCUT2D eigenvalue weighted by atomic mass is 79.9. The van der Waals surface area contributed by atoms with Crippen LogP contribution in [0.4, 0.5) is 0 Å². The molecular formula is C20H17BrClNO7S. The molecule has 11 heteroatoms. The maximum atomic E-state index is 12.6. The molecule has 2 N–H and O–H groups in total. The van der Waals surface area contributed by atoms with Crippen LogP contribution in [0.2, 0.25) is 5.02 Å². The van der Waals surface area contributed by atoms with E-state index in [1.807, 2.05) is 0 Å². The predicted molar refractivity (Wildman–Crippen MR) is 117 cm³/mol. The van der Waals surface area contributed by atoms with Gasteiger partial charge in [0.2, 0.25) is 10.0 Å². The molecule has 0 aliphatic heterocycles. The van der Waals surface area contributed by atoms with Gasteiger partial charge in [0.05, 0.1) is 11.0 Å². The average Bonchev–Trinajstić information content (AvgIpc) is 2.69. The SMILES string of the molecule is C[C@H](O)[C@@H](NS(=O)(=O)c1ccc(Cl)cc1)C(=O)OCc1cc(=O)oc2cc(Br)ccc12. The standard InChI is InChI=1S/C20H17BrClNO7S/c1-11(24)19(23-31(27,28)15-5-3-14(22)4-6-15)20(26)29-10-12-8-18(25)30-17-9-13(21)2-7-16(12)17/h2-9,11,19,23-24H,10H2,1H3/t11-,19+/m0/s1. The molecule has 3 aromatic rings. The zero-order valence-corrected chi connectivity index (χ0v) is 19.2. The first-order valence-corrected chi connectivity index (χ1v) is 11.6. The van der Waals surface area contributed by atoms with E-state index in [1.165, 1.54) is 37.3 Å². The Morgan fingerprint density at radius 2 is 1.90 bits per heavy atom. The van der Waals surface area contributed by atoms with E-state index in [-0.39, 0.29) is 11.5 Å². The molecule has 164 valence electrons. The van der Waals surface area contributed by atoms with Crippen LogP contribution in [-0.4, -0.2) is 31.6 Å². The number of fused-ring (bicyclic) bond motifs is 1. The van der Waals surface area contributed by atoms with E-state index in [4.69, 9.17) is 20.8 Å². The zero-order chi connectivity index (χ0) is 22.8. The van der Waals surface area contributed by atoms with Crippen molar-refractivity contribution in [3.05, 3.63) is 74.0 Å². The molecule has 3 rings (SSSR count). The number of ether oxygens (including phenoxy) is 1. The average molecular weight is 531 g/mol. The lowest BCUT2D eigenvalue weighted by Gasteiger charge is -2.20. The van der Waals surface area contributed by atoms with Crippen molar-refractivity contribution < 1.29 is 27.5 Å². The molecule has 1 heterocycles. The highest BCUT2D eigenvalue weighted by Gasteiger charge is 2.31. The summed E-state index contributed by atoms with van der Waals surface area (Å²) in [6, 6.07) is 9.92.